The molecular weight excluding hydrogens is 250 g/mol. The molecule has 17 heavy (non-hydrogen) atoms. The van der Waals surface area contributed by atoms with Gasteiger partial charge in [-0.05, 0) is 61.5 Å². The summed E-state index contributed by atoms with van der Waals surface area (Å²) in [5, 5.41) is 4.59. The number of rotatable bonds is 5. The Morgan fingerprint density at radius 1 is 1.53 bits per heavy atom. The van der Waals surface area contributed by atoms with Gasteiger partial charge in [-0.15, -0.1) is 0 Å². The Labute approximate surface area is 113 Å². The molecule has 0 heterocycles. The van der Waals surface area contributed by atoms with Crippen molar-refractivity contribution in [2.45, 2.75) is 38.3 Å². The summed E-state index contributed by atoms with van der Waals surface area (Å²) in [5.74, 6) is 1.23. The molecule has 2 atom stereocenters. The van der Waals surface area contributed by atoms with Crippen molar-refractivity contribution in [1.29, 1.82) is 0 Å². The van der Waals surface area contributed by atoms with Gasteiger partial charge in [0.1, 0.15) is 0 Å². The maximum absolute atomic E-state index is 6.02. The molecule has 0 amide bonds. The lowest BCUT2D eigenvalue weighted by Crippen LogP contribution is -2.29. The number of aryl methyl sites for hydroxylation is 1. The number of benzene rings is 1. The summed E-state index contributed by atoms with van der Waals surface area (Å²) in [6.07, 6.45) is 5.77. The number of hydrogen-bond acceptors (Lipinski definition) is 2. The first-order valence-corrected chi connectivity index (χ1v) is 8.01. The van der Waals surface area contributed by atoms with Crippen molar-refractivity contribution < 1.29 is 0 Å². The smallest absolute Gasteiger partial charge is 0.0408 e. The minimum atomic E-state index is 0.527. The summed E-state index contributed by atoms with van der Waals surface area (Å²) >= 11 is 7.94. The molecule has 0 fully saturated rings. The third-order valence-electron chi connectivity index (χ3n) is 3.42. The number of hydrogen-bond donors (Lipinski definition) is 1. The molecule has 0 bridgehead atoms. The second-order valence-corrected chi connectivity index (χ2v) is 6.21. The molecule has 2 rings (SSSR count). The van der Waals surface area contributed by atoms with Gasteiger partial charge in [-0.25, -0.2) is 0 Å². The molecule has 94 valence electrons. The Kier molecular flexibility index (Phi) is 4.78. The van der Waals surface area contributed by atoms with Gasteiger partial charge in [-0.2, -0.15) is 11.8 Å². The average Bonchev–Trinajstić information content (AvgIpc) is 2.69. The summed E-state index contributed by atoms with van der Waals surface area (Å²) in [4.78, 5) is 0. The van der Waals surface area contributed by atoms with Crippen LogP contribution in [0.5, 0.6) is 0 Å². The van der Waals surface area contributed by atoms with E-state index in [0.717, 1.165) is 11.4 Å². The van der Waals surface area contributed by atoms with Crippen molar-refractivity contribution in [3.05, 3.63) is 34.3 Å². The minimum Gasteiger partial charge on any atom is -0.307 e. The molecule has 2 unspecified atom stereocenters. The highest BCUT2D eigenvalue weighted by molar-refractivity contribution is 7.98. The van der Waals surface area contributed by atoms with E-state index in [0.29, 0.717) is 12.1 Å². The maximum Gasteiger partial charge on any atom is 0.0408 e. The van der Waals surface area contributed by atoms with Crippen LogP contribution in [0.3, 0.4) is 0 Å². The Morgan fingerprint density at radius 2 is 2.35 bits per heavy atom. The van der Waals surface area contributed by atoms with Crippen LogP contribution >= 0.6 is 23.4 Å². The van der Waals surface area contributed by atoms with Crippen LogP contribution in [0.15, 0.2) is 18.2 Å². The van der Waals surface area contributed by atoms with Gasteiger partial charge in [-0.3, -0.25) is 0 Å². The molecule has 1 aliphatic carbocycles. The van der Waals surface area contributed by atoms with Gasteiger partial charge < -0.3 is 5.32 Å². The van der Waals surface area contributed by atoms with Gasteiger partial charge in [0.15, 0.2) is 0 Å². The van der Waals surface area contributed by atoms with E-state index in [1.165, 1.54) is 29.7 Å². The molecule has 0 aliphatic heterocycles. The number of nitrogens with one attached hydrogen (secondary N) is 1. The highest BCUT2D eigenvalue weighted by Crippen LogP contribution is 2.33. The van der Waals surface area contributed by atoms with Crippen molar-refractivity contribution >= 4 is 23.4 Å². The van der Waals surface area contributed by atoms with Crippen molar-refractivity contribution in [2.24, 2.45) is 0 Å². The zero-order valence-electron chi connectivity index (χ0n) is 10.5. The monoisotopic (exact) mass is 269 g/mol. The van der Waals surface area contributed by atoms with E-state index in [9.17, 15) is 0 Å². The molecule has 3 heteroatoms. The van der Waals surface area contributed by atoms with E-state index in [2.05, 4.69) is 30.6 Å². The van der Waals surface area contributed by atoms with Crippen LogP contribution in [-0.2, 0) is 6.42 Å². The molecule has 0 aromatic heterocycles. The fourth-order valence-corrected chi connectivity index (χ4v) is 3.26. The van der Waals surface area contributed by atoms with Crippen LogP contribution in [0.4, 0.5) is 0 Å². The molecule has 1 aromatic rings. The lowest BCUT2D eigenvalue weighted by molar-refractivity contribution is 0.446. The molecule has 0 radical (unpaired) electrons. The van der Waals surface area contributed by atoms with Gasteiger partial charge in [0.05, 0.1) is 0 Å². The molecule has 0 saturated carbocycles. The predicted octanol–water partition coefficient (Wildman–Crippen LogP) is 4.06. The number of fused-ring (bicyclic) bond motifs is 1. The number of halogens is 1. The van der Waals surface area contributed by atoms with Crippen molar-refractivity contribution in [2.75, 3.05) is 12.0 Å². The molecule has 1 nitrogen and oxygen atoms in total. The van der Waals surface area contributed by atoms with Gasteiger partial charge in [-0.1, -0.05) is 17.7 Å². The fourth-order valence-electron chi connectivity index (χ4n) is 2.48. The molecular formula is C14H20ClNS. The molecule has 1 aliphatic rings. The second kappa shape index (κ2) is 6.12. The quantitative estimate of drug-likeness (QED) is 0.865. The van der Waals surface area contributed by atoms with Crippen LogP contribution in [0.1, 0.15) is 36.9 Å². The summed E-state index contributed by atoms with van der Waals surface area (Å²) < 4.78 is 0. The predicted molar refractivity (Wildman–Crippen MR) is 78.1 cm³/mol. The zero-order chi connectivity index (χ0) is 12.3. The standard InChI is InChI=1S/C14H20ClNS/c1-10(7-8-17-2)16-14-6-3-11-9-12(15)4-5-13(11)14/h4-5,9-10,14,16H,3,6-8H2,1-2H3. The number of thioether (sulfide) groups is 1. The summed E-state index contributed by atoms with van der Waals surface area (Å²) in [7, 11) is 0. The van der Waals surface area contributed by atoms with Crippen LogP contribution in [0, 0.1) is 0 Å². The molecule has 0 spiro atoms. The molecule has 1 aromatic carbocycles. The third kappa shape index (κ3) is 3.40. The summed E-state index contributed by atoms with van der Waals surface area (Å²) in [6.45, 7) is 2.28. The Balaban J connectivity index is 1.97. The van der Waals surface area contributed by atoms with Crippen LogP contribution in [-0.4, -0.2) is 18.1 Å². The SMILES string of the molecule is CSCCC(C)NC1CCc2cc(Cl)ccc21. The third-order valence-corrected chi connectivity index (χ3v) is 4.30. The highest BCUT2D eigenvalue weighted by Gasteiger charge is 2.23. The summed E-state index contributed by atoms with van der Waals surface area (Å²) in [5.41, 5.74) is 2.87. The van der Waals surface area contributed by atoms with Gasteiger partial charge in [0.2, 0.25) is 0 Å². The minimum absolute atomic E-state index is 0.527. The topological polar surface area (TPSA) is 12.0 Å². The molecule has 1 N–H and O–H groups in total. The van der Waals surface area contributed by atoms with Crippen molar-refractivity contribution in [3.8, 4) is 0 Å². The van der Waals surface area contributed by atoms with E-state index in [1.54, 1.807) is 0 Å². The highest BCUT2D eigenvalue weighted by atomic mass is 35.5. The second-order valence-electron chi connectivity index (χ2n) is 4.78. The lowest BCUT2D eigenvalue weighted by atomic mass is 10.1. The van der Waals surface area contributed by atoms with E-state index in [1.807, 2.05) is 17.8 Å². The van der Waals surface area contributed by atoms with Gasteiger partial charge in [0, 0.05) is 17.1 Å². The Bertz CT molecular complexity index is 380. The normalized spacial score (nSPS) is 20.3. The van der Waals surface area contributed by atoms with Gasteiger partial charge in [0.25, 0.3) is 0 Å². The van der Waals surface area contributed by atoms with E-state index in [-0.39, 0.29) is 0 Å². The maximum atomic E-state index is 6.02. The van der Waals surface area contributed by atoms with Crippen LogP contribution in [0.2, 0.25) is 5.02 Å². The average molecular weight is 270 g/mol. The fraction of sp³-hybridized carbons (Fsp3) is 0.571. The lowest BCUT2D eigenvalue weighted by Gasteiger charge is -2.20. The van der Waals surface area contributed by atoms with E-state index in [4.69, 9.17) is 11.6 Å². The first-order valence-electron chi connectivity index (χ1n) is 6.24. The Morgan fingerprint density at radius 3 is 3.12 bits per heavy atom. The zero-order valence-corrected chi connectivity index (χ0v) is 12.1. The van der Waals surface area contributed by atoms with Crippen molar-refractivity contribution in [3.63, 3.8) is 0 Å². The van der Waals surface area contributed by atoms with Crippen LogP contribution < -0.4 is 5.32 Å². The first-order chi connectivity index (χ1) is 8.20. The van der Waals surface area contributed by atoms with Gasteiger partial charge >= 0.3 is 0 Å². The van der Waals surface area contributed by atoms with E-state index < -0.39 is 0 Å². The summed E-state index contributed by atoms with van der Waals surface area (Å²) in [6, 6.07) is 7.43. The molecule has 0 saturated heterocycles. The Hall–Kier alpha value is -0.180. The first kappa shape index (κ1) is 13.3. The van der Waals surface area contributed by atoms with Crippen LogP contribution in [0.25, 0.3) is 0 Å². The van der Waals surface area contributed by atoms with Crippen molar-refractivity contribution in [1.82, 2.24) is 5.32 Å². The van der Waals surface area contributed by atoms with E-state index >= 15 is 0 Å². The largest absolute Gasteiger partial charge is 0.307 e.